The van der Waals surface area contributed by atoms with Gasteiger partial charge in [-0.15, -0.1) is 5.10 Å². The van der Waals surface area contributed by atoms with E-state index in [9.17, 15) is 0 Å². The van der Waals surface area contributed by atoms with Crippen LogP contribution in [0.2, 0.25) is 5.02 Å². The predicted molar refractivity (Wildman–Crippen MR) is 122 cm³/mol. The highest BCUT2D eigenvalue weighted by Gasteiger charge is 2.43. The fourth-order valence-electron chi connectivity index (χ4n) is 4.70. The van der Waals surface area contributed by atoms with Gasteiger partial charge in [-0.2, -0.15) is 9.97 Å². The number of fused-ring (bicyclic) bond motifs is 2. The van der Waals surface area contributed by atoms with E-state index in [2.05, 4.69) is 39.2 Å². The lowest BCUT2D eigenvalue weighted by Crippen LogP contribution is -2.48. The van der Waals surface area contributed by atoms with Gasteiger partial charge in [-0.25, -0.2) is 4.68 Å². The summed E-state index contributed by atoms with van der Waals surface area (Å²) >= 11 is 6.26. The lowest BCUT2D eigenvalue weighted by molar-refractivity contribution is 0.340. The van der Waals surface area contributed by atoms with Crippen LogP contribution in [0, 0.1) is 25.7 Å². The molecule has 1 unspecified atom stereocenters. The van der Waals surface area contributed by atoms with Gasteiger partial charge in [-0.1, -0.05) is 22.8 Å². The molecule has 32 heavy (non-hydrogen) atoms. The van der Waals surface area contributed by atoms with Crippen LogP contribution in [-0.2, 0) is 0 Å². The number of aromatic nitrogens is 5. The van der Waals surface area contributed by atoms with Crippen molar-refractivity contribution in [2.75, 3.05) is 23.3 Å². The second kappa shape index (κ2) is 8.27. The van der Waals surface area contributed by atoms with Gasteiger partial charge in [-0.3, -0.25) is 0 Å². The van der Waals surface area contributed by atoms with Crippen molar-refractivity contribution in [3.63, 3.8) is 0 Å². The summed E-state index contributed by atoms with van der Waals surface area (Å²) in [5, 5.41) is 12.9. The molecule has 3 atom stereocenters. The molecule has 2 fully saturated rings. The maximum absolute atomic E-state index is 6.26. The summed E-state index contributed by atoms with van der Waals surface area (Å²) in [5.41, 5.74) is 1.00. The zero-order valence-electron chi connectivity index (χ0n) is 18.7. The van der Waals surface area contributed by atoms with Gasteiger partial charge in [0.2, 0.25) is 5.95 Å². The maximum Gasteiger partial charge on any atom is 0.324 e. The number of ether oxygens (including phenoxy) is 1. The second-order valence-corrected chi connectivity index (χ2v) is 9.47. The van der Waals surface area contributed by atoms with E-state index in [4.69, 9.17) is 26.0 Å². The van der Waals surface area contributed by atoms with Gasteiger partial charge in [-0.05, 0) is 70.1 Å². The van der Waals surface area contributed by atoms with Crippen molar-refractivity contribution in [1.82, 2.24) is 24.9 Å². The van der Waals surface area contributed by atoms with E-state index in [1.165, 1.54) is 0 Å². The van der Waals surface area contributed by atoms with Crippen LogP contribution in [-0.4, -0.2) is 44.0 Å². The Hall–Kier alpha value is -2.81. The monoisotopic (exact) mass is 457 g/mol. The molecule has 1 aromatic carbocycles. The molecule has 1 aliphatic carbocycles. The lowest BCUT2D eigenvalue weighted by atomic mass is 9.92. The number of nitrogens with one attached hydrogen (secondary N) is 1. The minimum Gasteiger partial charge on any atom is -0.424 e. The summed E-state index contributed by atoms with van der Waals surface area (Å²) in [6.07, 6.45) is 2.31. The first-order valence-corrected chi connectivity index (χ1v) is 11.5. The van der Waals surface area contributed by atoms with Gasteiger partial charge in [0.1, 0.15) is 5.75 Å². The fourth-order valence-corrected chi connectivity index (χ4v) is 4.87. The first-order chi connectivity index (χ1) is 15.4. The van der Waals surface area contributed by atoms with E-state index in [0.717, 1.165) is 31.5 Å². The van der Waals surface area contributed by atoms with Gasteiger partial charge in [0.15, 0.2) is 5.82 Å². The van der Waals surface area contributed by atoms with Gasteiger partial charge in [0, 0.05) is 24.2 Å². The van der Waals surface area contributed by atoms with E-state index in [0.29, 0.717) is 52.4 Å². The van der Waals surface area contributed by atoms with Gasteiger partial charge < -0.3 is 19.5 Å². The molecular weight excluding hydrogens is 430 g/mol. The second-order valence-electron chi connectivity index (χ2n) is 9.07. The number of benzene rings is 1. The molecule has 5 rings (SSSR count). The SMILES string of the molecule is Cc1noc(N2C[C@H]3CC[C@@H](C2)C3Nc2nc(Oc3ccc(C)c(Cl)c3)n(C(C)C)n2)n1. The van der Waals surface area contributed by atoms with E-state index < -0.39 is 0 Å². The standard InChI is InChI=1S/C22H28ClN7O2/c1-12(2)30-22(31-17-8-5-13(3)18(23)9-17)26-20(27-30)25-19-15-6-7-16(19)11-29(10-15)21-24-14(4)28-32-21/h5,8-9,12,15-16,19H,6-7,10-11H2,1-4H3,(H,25,27)/t15-,16+,19?. The smallest absolute Gasteiger partial charge is 0.324 e. The Bertz CT molecular complexity index is 1100. The van der Waals surface area contributed by atoms with Crippen LogP contribution in [0.1, 0.15) is 44.1 Å². The molecule has 1 N–H and O–H groups in total. The van der Waals surface area contributed by atoms with Crippen molar-refractivity contribution >= 4 is 23.6 Å². The number of piperidine rings is 1. The number of hydrogen-bond acceptors (Lipinski definition) is 8. The first kappa shape index (κ1) is 21.1. The molecule has 2 aromatic heterocycles. The molecule has 0 amide bonds. The molecule has 1 saturated heterocycles. The Morgan fingerprint density at radius 2 is 1.91 bits per heavy atom. The van der Waals surface area contributed by atoms with Crippen molar-refractivity contribution in [3.8, 4) is 11.8 Å². The zero-order valence-corrected chi connectivity index (χ0v) is 19.5. The summed E-state index contributed by atoms with van der Waals surface area (Å²) in [5.74, 6) is 2.83. The Morgan fingerprint density at radius 3 is 2.53 bits per heavy atom. The number of aryl methyl sites for hydroxylation is 2. The summed E-state index contributed by atoms with van der Waals surface area (Å²) in [7, 11) is 0. The van der Waals surface area contributed by atoms with Gasteiger partial charge in [0.05, 0.1) is 6.04 Å². The van der Waals surface area contributed by atoms with Crippen LogP contribution in [0.3, 0.4) is 0 Å². The highest BCUT2D eigenvalue weighted by atomic mass is 35.5. The van der Waals surface area contributed by atoms with Crippen molar-refractivity contribution in [1.29, 1.82) is 0 Å². The van der Waals surface area contributed by atoms with Crippen LogP contribution in [0.25, 0.3) is 0 Å². The minimum atomic E-state index is 0.105. The predicted octanol–water partition coefficient (Wildman–Crippen LogP) is 4.63. The quantitative estimate of drug-likeness (QED) is 0.572. The molecule has 0 spiro atoms. The van der Waals surface area contributed by atoms with E-state index >= 15 is 0 Å². The zero-order chi connectivity index (χ0) is 22.4. The number of nitrogens with zero attached hydrogens (tertiary/aromatic N) is 6. The van der Waals surface area contributed by atoms with Crippen LogP contribution in [0.5, 0.6) is 11.8 Å². The Kier molecular flexibility index (Phi) is 5.44. The molecule has 0 radical (unpaired) electrons. The first-order valence-electron chi connectivity index (χ1n) is 11.1. The average molecular weight is 458 g/mol. The van der Waals surface area contributed by atoms with E-state index in [-0.39, 0.29) is 6.04 Å². The summed E-state index contributed by atoms with van der Waals surface area (Å²) < 4.78 is 13.2. The highest BCUT2D eigenvalue weighted by Crippen LogP contribution is 2.40. The molecule has 3 aromatic rings. The summed E-state index contributed by atoms with van der Waals surface area (Å²) in [4.78, 5) is 11.3. The lowest BCUT2D eigenvalue weighted by Gasteiger charge is -2.37. The molecule has 170 valence electrons. The maximum atomic E-state index is 6.26. The van der Waals surface area contributed by atoms with Crippen molar-refractivity contribution < 1.29 is 9.26 Å². The highest BCUT2D eigenvalue weighted by molar-refractivity contribution is 6.31. The van der Waals surface area contributed by atoms with Gasteiger partial charge >= 0.3 is 12.0 Å². The third-order valence-corrected chi connectivity index (χ3v) is 6.77. The number of anilines is 2. The fraction of sp³-hybridized carbons (Fsp3) is 0.545. The van der Waals surface area contributed by atoms with Gasteiger partial charge in [0.25, 0.3) is 0 Å². The third-order valence-electron chi connectivity index (χ3n) is 6.36. The Balaban J connectivity index is 1.32. The molecule has 9 nitrogen and oxygen atoms in total. The largest absolute Gasteiger partial charge is 0.424 e. The molecule has 10 heteroatoms. The molecule has 1 saturated carbocycles. The molecule has 2 bridgehead atoms. The van der Waals surface area contributed by atoms with Crippen LogP contribution < -0.4 is 15.0 Å². The topological polar surface area (TPSA) is 94.1 Å². The average Bonchev–Trinajstić information content (AvgIpc) is 3.41. The normalized spacial score (nSPS) is 22.6. The van der Waals surface area contributed by atoms with Crippen LogP contribution >= 0.6 is 11.6 Å². The Morgan fingerprint density at radius 1 is 1.16 bits per heavy atom. The molecule has 2 aliphatic rings. The molecule has 3 heterocycles. The van der Waals surface area contributed by atoms with E-state index in [1.807, 2.05) is 26.0 Å². The van der Waals surface area contributed by atoms with Crippen molar-refractivity contribution in [2.45, 2.75) is 52.6 Å². The van der Waals surface area contributed by atoms with Crippen molar-refractivity contribution in [2.24, 2.45) is 11.8 Å². The Labute approximate surface area is 192 Å². The number of hydrogen-bond donors (Lipinski definition) is 1. The number of rotatable bonds is 6. The summed E-state index contributed by atoms with van der Waals surface area (Å²) in [6.45, 7) is 9.68. The third kappa shape index (κ3) is 4.01. The minimum absolute atomic E-state index is 0.105. The van der Waals surface area contributed by atoms with Crippen LogP contribution in [0.15, 0.2) is 22.7 Å². The van der Waals surface area contributed by atoms with Crippen molar-refractivity contribution in [3.05, 3.63) is 34.6 Å². The number of halogens is 1. The molecular formula is C22H28ClN7O2. The van der Waals surface area contributed by atoms with E-state index in [1.54, 1.807) is 10.7 Å². The van der Waals surface area contributed by atoms with Crippen LogP contribution in [0.4, 0.5) is 12.0 Å². The summed E-state index contributed by atoms with van der Waals surface area (Å²) in [6, 6.07) is 7.11. The molecule has 1 aliphatic heterocycles.